The topological polar surface area (TPSA) is 50.1 Å². The molecule has 0 amide bonds. The van der Waals surface area contributed by atoms with E-state index in [9.17, 15) is 5.11 Å². The van der Waals surface area contributed by atoms with Gasteiger partial charge in [0, 0.05) is 12.1 Å². The highest BCUT2D eigenvalue weighted by Gasteiger charge is 2.19. The van der Waals surface area contributed by atoms with Gasteiger partial charge in [-0.05, 0) is 30.7 Å². The first-order valence-electron chi connectivity index (χ1n) is 7.64. The van der Waals surface area contributed by atoms with Gasteiger partial charge in [-0.1, -0.05) is 41.9 Å². The molecule has 4 nitrogen and oxygen atoms in total. The summed E-state index contributed by atoms with van der Waals surface area (Å²) in [6.45, 7) is 2.08. The second kappa shape index (κ2) is 6.71. The Hall–Kier alpha value is -1.88. The molecule has 0 aliphatic heterocycles. The molecule has 3 aromatic rings. The Morgan fingerprint density at radius 2 is 1.96 bits per heavy atom. The van der Waals surface area contributed by atoms with Crippen molar-refractivity contribution >= 4 is 22.6 Å². The maximum Gasteiger partial charge on any atom is 0.126 e. The smallest absolute Gasteiger partial charge is 0.126 e. The van der Waals surface area contributed by atoms with Crippen LogP contribution in [0, 0.1) is 0 Å². The zero-order valence-corrected chi connectivity index (χ0v) is 14.0. The predicted octanol–water partition coefficient (Wildman–Crippen LogP) is 3.61. The van der Waals surface area contributed by atoms with Gasteiger partial charge in [-0.15, -0.1) is 0 Å². The van der Waals surface area contributed by atoms with Crippen molar-refractivity contribution in [3.8, 4) is 0 Å². The summed E-state index contributed by atoms with van der Waals surface area (Å²) in [6.07, 6.45) is 0. The van der Waals surface area contributed by atoms with Gasteiger partial charge < -0.3 is 9.67 Å². The summed E-state index contributed by atoms with van der Waals surface area (Å²) >= 11 is 6.08. The van der Waals surface area contributed by atoms with Crippen molar-refractivity contribution in [1.82, 2.24) is 14.9 Å². The first kappa shape index (κ1) is 16.0. The summed E-state index contributed by atoms with van der Waals surface area (Å²) in [7, 11) is 1.98. The van der Waals surface area contributed by atoms with Crippen LogP contribution >= 0.6 is 11.6 Å². The van der Waals surface area contributed by atoms with Crippen LogP contribution < -0.4 is 5.32 Å². The number of nitrogens with one attached hydrogen (secondary N) is 1. The molecule has 0 aliphatic rings. The fraction of sp³-hybridized carbons (Fsp3) is 0.278. The van der Waals surface area contributed by atoms with E-state index >= 15 is 0 Å². The summed E-state index contributed by atoms with van der Waals surface area (Å²) in [5, 5.41) is 13.9. The van der Waals surface area contributed by atoms with Crippen molar-refractivity contribution in [1.29, 1.82) is 0 Å². The largest absolute Gasteiger partial charge is 0.394 e. The van der Waals surface area contributed by atoms with Crippen LogP contribution in [0.3, 0.4) is 0 Å². The van der Waals surface area contributed by atoms with Crippen molar-refractivity contribution in [3.63, 3.8) is 0 Å². The summed E-state index contributed by atoms with van der Waals surface area (Å²) < 4.78 is 2.04. The molecule has 0 spiro atoms. The minimum atomic E-state index is -0.130. The lowest BCUT2D eigenvalue weighted by atomic mass is 10.1. The molecule has 2 unspecified atom stereocenters. The van der Waals surface area contributed by atoms with E-state index < -0.39 is 0 Å². The third kappa shape index (κ3) is 3.24. The minimum absolute atomic E-state index is 0.0106. The number of aliphatic hydroxyl groups is 1. The number of hydrogen-bond donors (Lipinski definition) is 2. The van der Waals surface area contributed by atoms with E-state index in [1.165, 1.54) is 0 Å². The molecular formula is C18H20ClN3O. The molecule has 1 heterocycles. The Morgan fingerprint density at radius 3 is 2.65 bits per heavy atom. The number of aliphatic hydroxyl groups excluding tert-OH is 1. The zero-order valence-electron chi connectivity index (χ0n) is 13.2. The van der Waals surface area contributed by atoms with Crippen LogP contribution in [0.5, 0.6) is 0 Å². The van der Waals surface area contributed by atoms with Crippen LogP contribution in [-0.4, -0.2) is 21.3 Å². The molecule has 0 bridgehead atoms. The van der Waals surface area contributed by atoms with Crippen molar-refractivity contribution in [3.05, 3.63) is 64.9 Å². The Morgan fingerprint density at radius 1 is 1.22 bits per heavy atom. The van der Waals surface area contributed by atoms with E-state index in [0.717, 1.165) is 22.4 Å². The van der Waals surface area contributed by atoms with Crippen LogP contribution in [0.1, 0.15) is 30.4 Å². The van der Waals surface area contributed by atoms with Crippen LogP contribution in [0.4, 0.5) is 0 Å². The van der Waals surface area contributed by atoms with Crippen LogP contribution in [0.15, 0.2) is 48.5 Å². The standard InChI is InChI=1S/C18H20ClN3O/c1-12(20-16(11-23)13-6-4-3-5-7-13)18-21-15-9-8-14(19)10-17(15)22(18)2/h3-10,12,16,20,23H,11H2,1-2H3. The number of aryl methyl sites for hydroxylation is 1. The second-order valence-electron chi connectivity index (χ2n) is 5.70. The van der Waals surface area contributed by atoms with Gasteiger partial charge in [0.25, 0.3) is 0 Å². The molecular weight excluding hydrogens is 310 g/mol. The first-order chi connectivity index (χ1) is 11.1. The molecule has 2 atom stereocenters. The maximum absolute atomic E-state index is 9.71. The molecule has 120 valence electrons. The second-order valence-corrected chi connectivity index (χ2v) is 6.13. The Labute approximate surface area is 140 Å². The molecule has 2 aromatic carbocycles. The van der Waals surface area contributed by atoms with Crippen molar-refractivity contribution in [2.75, 3.05) is 6.61 Å². The molecule has 0 radical (unpaired) electrons. The lowest BCUT2D eigenvalue weighted by Crippen LogP contribution is -2.28. The molecule has 3 rings (SSSR count). The molecule has 2 N–H and O–H groups in total. The minimum Gasteiger partial charge on any atom is -0.394 e. The normalized spacial score (nSPS) is 14.1. The molecule has 0 saturated carbocycles. The molecule has 23 heavy (non-hydrogen) atoms. The third-order valence-electron chi connectivity index (χ3n) is 4.10. The predicted molar refractivity (Wildman–Crippen MR) is 93.5 cm³/mol. The third-order valence-corrected chi connectivity index (χ3v) is 4.34. The highest BCUT2D eigenvalue weighted by molar-refractivity contribution is 6.31. The SMILES string of the molecule is CC(NC(CO)c1ccccc1)c1nc2ccc(Cl)cc2n1C. The van der Waals surface area contributed by atoms with E-state index in [4.69, 9.17) is 16.6 Å². The number of imidazole rings is 1. The van der Waals surface area contributed by atoms with E-state index in [1.54, 1.807) is 0 Å². The van der Waals surface area contributed by atoms with E-state index in [1.807, 2.05) is 60.1 Å². The summed E-state index contributed by atoms with van der Waals surface area (Å²) in [6, 6.07) is 15.5. The number of nitrogens with zero attached hydrogens (tertiary/aromatic N) is 2. The van der Waals surface area contributed by atoms with Gasteiger partial charge in [-0.3, -0.25) is 5.32 Å². The molecule has 0 saturated heterocycles. The quantitative estimate of drug-likeness (QED) is 0.751. The van der Waals surface area contributed by atoms with Crippen LogP contribution in [0.25, 0.3) is 11.0 Å². The molecule has 0 aliphatic carbocycles. The highest BCUT2D eigenvalue weighted by Crippen LogP contribution is 2.24. The van der Waals surface area contributed by atoms with Crippen molar-refractivity contribution < 1.29 is 5.11 Å². The fourth-order valence-electron chi connectivity index (χ4n) is 2.88. The van der Waals surface area contributed by atoms with E-state index in [0.29, 0.717) is 5.02 Å². The fourth-order valence-corrected chi connectivity index (χ4v) is 3.05. The number of benzene rings is 2. The van der Waals surface area contributed by atoms with Gasteiger partial charge in [0.05, 0.1) is 29.7 Å². The average molecular weight is 330 g/mol. The number of rotatable bonds is 5. The average Bonchev–Trinajstić information content (AvgIpc) is 2.90. The van der Waals surface area contributed by atoms with Crippen LogP contribution in [0.2, 0.25) is 5.02 Å². The van der Waals surface area contributed by atoms with Gasteiger partial charge in [0.15, 0.2) is 0 Å². The first-order valence-corrected chi connectivity index (χ1v) is 8.01. The zero-order chi connectivity index (χ0) is 16.4. The summed E-state index contributed by atoms with van der Waals surface area (Å²) in [5.41, 5.74) is 2.98. The lowest BCUT2D eigenvalue weighted by molar-refractivity contribution is 0.233. The maximum atomic E-state index is 9.71. The molecule has 0 fully saturated rings. The van der Waals surface area contributed by atoms with Gasteiger partial charge >= 0.3 is 0 Å². The van der Waals surface area contributed by atoms with Crippen LogP contribution in [-0.2, 0) is 7.05 Å². The van der Waals surface area contributed by atoms with Crippen molar-refractivity contribution in [2.45, 2.75) is 19.0 Å². The van der Waals surface area contributed by atoms with E-state index in [2.05, 4.69) is 12.2 Å². The summed E-state index contributed by atoms with van der Waals surface area (Å²) in [4.78, 5) is 4.69. The lowest BCUT2D eigenvalue weighted by Gasteiger charge is -2.22. The molecule has 5 heteroatoms. The monoisotopic (exact) mass is 329 g/mol. The Balaban J connectivity index is 1.88. The number of aromatic nitrogens is 2. The van der Waals surface area contributed by atoms with Gasteiger partial charge in [0.1, 0.15) is 5.82 Å². The van der Waals surface area contributed by atoms with E-state index in [-0.39, 0.29) is 18.7 Å². The van der Waals surface area contributed by atoms with Gasteiger partial charge in [0.2, 0.25) is 0 Å². The number of hydrogen-bond acceptors (Lipinski definition) is 3. The Kier molecular flexibility index (Phi) is 4.66. The van der Waals surface area contributed by atoms with Gasteiger partial charge in [-0.2, -0.15) is 0 Å². The number of fused-ring (bicyclic) bond motifs is 1. The van der Waals surface area contributed by atoms with Gasteiger partial charge in [-0.25, -0.2) is 4.98 Å². The summed E-state index contributed by atoms with van der Waals surface area (Å²) in [5.74, 6) is 0.914. The number of halogens is 1. The highest BCUT2D eigenvalue weighted by atomic mass is 35.5. The molecule has 1 aromatic heterocycles. The van der Waals surface area contributed by atoms with Crippen molar-refractivity contribution in [2.24, 2.45) is 7.05 Å². The Bertz CT molecular complexity index is 801.